The summed E-state index contributed by atoms with van der Waals surface area (Å²) in [5, 5.41) is 12.4. The number of halogens is 4. The average molecular weight is 307 g/mol. The number of alkyl halides is 3. The zero-order chi connectivity index (χ0) is 16.0. The van der Waals surface area contributed by atoms with E-state index in [1.165, 1.54) is 24.4 Å². The van der Waals surface area contributed by atoms with Gasteiger partial charge in [0.15, 0.2) is 0 Å². The van der Waals surface area contributed by atoms with Gasteiger partial charge in [-0.25, -0.2) is 9.37 Å². The van der Waals surface area contributed by atoms with Crippen LogP contribution in [0, 0.1) is 17.1 Å². The lowest BCUT2D eigenvalue weighted by atomic mass is 9.70. The Morgan fingerprint density at radius 3 is 2.68 bits per heavy atom. The van der Waals surface area contributed by atoms with Gasteiger partial charge in [-0.05, 0) is 24.3 Å². The van der Waals surface area contributed by atoms with Crippen LogP contribution in [-0.2, 0) is 5.41 Å². The van der Waals surface area contributed by atoms with E-state index in [1.807, 2.05) is 0 Å². The molecule has 0 saturated carbocycles. The van der Waals surface area contributed by atoms with Gasteiger partial charge < -0.3 is 5.32 Å². The van der Waals surface area contributed by atoms with Crippen molar-refractivity contribution < 1.29 is 17.6 Å². The van der Waals surface area contributed by atoms with E-state index in [0.29, 0.717) is 0 Å². The molecule has 0 amide bonds. The third kappa shape index (κ3) is 2.17. The molecule has 1 unspecified atom stereocenters. The normalized spacial score (nSPS) is 19.6. The van der Waals surface area contributed by atoms with Crippen LogP contribution in [0.5, 0.6) is 0 Å². The Morgan fingerprint density at radius 1 is 1.23 bits per heavy atom. The Kier molecular flexibility index (Phi) is 3.06. The summed E-state index contributed by atoms with van der Waals surface area (Å²) >= 11 is 0. The number of fused-ring (bicyclic) bond motifs is 2. The molecule has 1 aromatic carbocycles. The monoisotopic (exact) mass is 307 g/mol. The van der Waals surface area contributed by atoms with Gasteiger partial charge >= 0.3 is 6.18 Å². The quantitative estimate of drug-likeness (QED) is 0.809. The summed E-state index contributed by atoms with van der Waals surface area (Å²) in [6.45, 7) is 0. The van der Waals surface area contributed by atoms with Gasteiger partial charge in [0.05, 0.1) is 12.5 Å². The predicted molar refractivity (Wildman–Crippen MR) is 71.0 cm³/mol. The molecule has 1 aliphatic rings. The van der Waals surface area contributed by atoms with Crippen LogP contribution >= 0.6 is 0 Å². The van der Waals surface area contributed by atoms with Crippen LogP contribution in [0.2, 0.25) is 0 Å². The number of aromatic nitrogens is 1. The van der Waals surface area contributed by atoms with Gasteiger partial charge in [0.2, 0.25) is 0 Å². The van der Waals surface area contributed by atoms with E-state index in [9.17, 15) is 22.8 Å². The Labute approximate surface area is 123 Å². The highest BCUT2D eigenvalue weighted by Gasteiger charge is 2.49. The van der Waals surface area contributed by atoms with Gasteiger partial charge in [-0.2, -0.15) is 18.4 Å². The first-order chi connectivity index (χ1) is 10.4. The van der Waals surface area contributed by atoms with E-state index in [0.717, 1.165) is 12.1 Å². The van der Waals surface area contributed by atoms with Gasteiger partial charge in [-0.15, -0.1) is 0 Å². The number of anilines is 2. The molecule has 22 heavy (non-hydrogen) atoms. The fourth-order valence-electron chi connectivity index (χ4n) is 2.75. The number of rotatable bonds is 1. The van der Waals surface area contributed by atoms with Gasteiger partial charge in [-0.1, -0.05) is 6.07 Å². The summed E-state index contributed by atoms with van der Waals surface area (Å²) in [7, 11) is 0. The first kappa shape index (κ1) is 14.3. The standard InChI is InChI=1S/C15H9F4N3/c16-9-3-4-12-11(6-9)14(8-20,7-15(17,18)19)10-2-1-5-21-13(10)22-12/h1-6H,7H2,(H,21,22). The molecule has 1 atom stereocenters. The van der Waals surface area contributed by atoms with E-state index in [2.05, 4.69) is 10.3 Å². The van der Waals surface area contributed by atoms with Gasteiger partial charge in [0.25, 0.3) is 0 Å². The molecular formula is C15H9F4N3. The van der Waals surface area contributed by atoms with Crippen LogP contribution in [0.4, 0.5) is 29.1 Å². The number of hydrogen-bond donors (Lipinski definition) is 1. The van der Waals surface area contributed by atoms with Crippen LogP contribution < -0.4 is 5.32 Å². The molecule has 0 radical (unpaired) electrons. The molecule has 0 fully saturated rings. The third-order valence-electron chi connectivity index (χ3n) is 3.62. The highest BCUT2D eigenvalue weighted by molar-refractivity contribution is 5.75. The van der Waals surface area contributed by atoms with Crippen molar-refractivity contribution in [1.29, 1.82) is 5.26 Å². The Hall–Kier alpha value is -2.62. The summed E-state index contributed by atoms with van der Waals surface area (Å²) in [6, 6.07) is 8.00. The molecule has 0 saturated heterocycles. The molecule has 0 bridgehead atoms. The van der Waals surface area contributed by atoms with Crippen molar-refractivity contribution in [2.75, 3.05) is 5.32 Å². The Morgan fingerprint density at radius 2 is 2.00 bits per heavy atom. The summed E-state index contributed by atoms with van der Waals surface area (Å²) < 4.78 is 52.8. The van der Waals surface area contributed by atoms with E-state index >= 15 is 0 Å². The maximum atomic E-state index is 13.5. The maximum Gasteiger partial charge on any atom is 0.391 e. The molecule has 3 nitrogen and oxygen atoms in total. The zero-order valence-corrected chi connectivity index (χ0v) is 11.1. The van der Waals surface area contributed by atoms with Crippen LogP contribution in [0.25, 0.3) is 0 Å². The number of benzene rings is 1. The smallest absolute Gasteiger partial charge is 0.340 e. The Balaban J connectivity index is 2.32. The van der Waals surface area contributed by atoms with Crippen molar-refractivity contribution in [1.82, 2.24) is 4.98 Å². The molecule has 0 spiro atoms. The van der Waals surface area contributed by atoms with Crippen LogP contribution in [0.3, 0.4) is 0 Å². The first-order valence-electron chi connectivity index (χ1n) is 6.36. The van der Waals surface area contributed by atoms with Crippen molar-refractivity contribution in [3.63, 3.8) is 0 Å². The average Bonchev–Trinajstić information content (AvgIpc) is 2.46. The molecular weight excluding hydrogens is 298 g/mol. The van der Waals surface area contributed by atoms with Crippen molar-refractivity contribution in [3.8, 4) is 6.07 Å². The fraction of sp³-hybridized carbons (Fsp3) is 0.200. The SMILES string of the molecule is N#CC1(CC(F)(F)F)c2cc(F)ccc2Nc2ncccc21. The lowest BCUT2D eigenvalue weighted by molar-refractivity contribution is -0.141. The fourth-order valence-corrected chi connectivity index (χ4v) is 2.75. The van der Waals surface area contributed by atoms with E-state index < -0.39 is 23.8 Å². The minimum atomic E-state index is -4.59. The highest BCUT2D eigenvalue weighted by atomic mass is 19.4. The molecule has 7 heteroatoms. The number of hydrogen-bond acceptors (Lipinski definition) is 3. The molecule has 1 N–H and O–H groups in total. The summed E-state index contributed by atoms with van der Waals surface area (Å²) in [4.78, 5) is 3.99. The summed E-state index contributed by atoms with van der Waals surface area (Å²) in [6.07, 6.45) is -4.59. The summed E-state index contributed by atoms with van der Waals surface area (Å²) in [5.41, 5.74) is -1.72. The van der Waals surface area contributed by atoms with Crippen LogP contribution in [0.1, 0.15) is 17.5 Å². The van der Waals surface area contributed by atoms with Gasteiger partial charge in [0, 0.05) is 23.0 Å². The molecule has 2 heterocycles. The largest absolute Gasteiger partial charge is 0.391 e. The van der Waals surface area contributed by atoms with Crippen LogP contribution in [-0.4, -0.2) is 11.2 Å². The summed E-state index contributed by atoms with van der Waals surface area (Å²) in [5.74, 6) is -0.526. The second-order valence-electron chi connectivity index (χ2n) is 5.02. The molecule has 112 valence electrons. The molecule has 1 aromatic heterocycles. The first-order valence-corrected chi connectivity index (χ1v) is 6.36. The predicted octanol–water partition coefficient (Wildman–Crippen LogP) is 4.04. The second kappa shape index (κ2) is 4.70. The number of nitriles is 1. The topological polar surface area (TPSA) is 48.7 Å². The molecule has 3 rings (SSSR count). The third-order valence-corrected chi connectivity index (χ3v) is 3.62. The van der Waals surface area contributed by atoms with Crippen molar-refractivity contribution in [2.24, 2.45) is 0 Å². The van der Waals surface area contributed by atoms with Gasteiger partial charge in [0.1, 0.15) is 17.1 Å². The highest BCUT2D eigenvalue weighted by Crippen LogP contribution is 2.49. The van der Waals surface area contributed by atoms with Crippen molar-refractivity contribution in [2.45, 2.75) is 18.0 Å². The number of pyridine rings is 1. The molecule has 1 aliphatic heterocycles. The van der Waals surface area contributed by atoms with E-state index in [1.54, 1.807) is 6.07 Å². The molecule has 0 aliphatic carbocycles. The van der Waals surface area contributed by atoms with E-state index in [-0.39, 0.29) is 22.6 Å². The van der Waals surface area contributed by atoms with E-state index in [4.69, 9.17) is 0 Å². The Bertz CT molecular complexity index is 779. The van der Waals surface area contributed by atoms with Crippen LogP contribution in [0.15, 0.2) is 36.5 Å². The lowest BCUT2D eigenvalue weighted by Crippen LogP contribution is -2.36. The minimum absolute atomic E-state index is 0.0344. The van der Waals surface area contributed by atoms with Crippen molar-refractivity contribution in [3.05, 3.63) is 53.5 Å². The zero-order valence-electron chi connectivity index (χ0n) is 11.1. The maximum absolute atomic E-state index is 13.5. The number of nitrogens with zero attached hydrogens (tertiary/aromatic N) is 2. The van der Waals surface area contributed by atoms with Gasteiger partial charge in [-0.3, -0.25) is 0 Å². The van der Waals surface area contributed by atoms with Crippen molar-refractivity contribution >= 4 is 11.5 Å². The second-order valence-corrected chi connectivity index (χ2v) is 5.02. The minimum Gasteiger partial charge on any atom is -0.340 e. The molecule has 2 aromatic rings. The number of nitrogens with one attached hydrogen (secondary N) is 1. The lowest BCUT2D eigenvalue weighted by Gasteiger charge is -2.35.